The molecule has 0 unspecified atom stereocenters. The van der Waals surface area contributed by atoms with E-state index in [1.807, 2.05) is 37.3 Å². The van der Waals surface area contributed by atoms with E-state index in [1.165, 1.54) is 0 Å². The number of pyridine rings is 1. The Labute approximate surface area is 110 Å². The summed E-state index contributed by atoms with van der Waals surface area (Å²) in [6, 6.07) is 9.53. The lowest BCUT2D eigenvalue weighted by atomic mass is 10.2. The van der Waals surface area contributed by atoms with E-state index in [4.69, 9.17) is 10.5 Å². The smallest absolute Gasteiger partial charge is 0.226 e. The Morgan fingerprint density at radius 3 is 2.89 bits per heavy atom. The highest BCUT2D eigenvalue weighted by atomic mass is 16.5. The van der Waals surface area contributed by atoms with Crippen molar-refractivity contribution in [2.75, 3.05) is 5.73 Å². The fraction of sp³-hybridized carbons (Fsp3) is 0.0714. The second-order valence-electron chi connectivity index (χ2n) is 4.14. The quantitative estimate of drug-likeness (QED) is 0.759. The van der Waals surface area contributed by atoms with Crippen LogP contribution in [0.3, 0.4) is 0 Å². The van der Waals surface area contributed by atoms with Crippen molar-refractivity contribution in [1.82, 2.24) is 15.0 Å². The third kappa shape index (κ3) is 2.18. The van der Waals surface area contributed by atoms with Gasteiger partial charge in [0.25, 0.3) is 0 Å². The zero-order valence-electron chi connectivity index (χ0n) is 10.4. The van der Waals surface area contributed by atoms with Crippen molar-refractivity contribution in [1.29, 1.82) is 0 Å². The average molecular weight is 252 g/mol. The van der Waals surface area contributed by atoms with Crippen LogP contribution in [0, 0.1) is 6.92 Å². The molecule has 2 heterocycles. The fourth-order valence-corrected chi connectivity index (χ4v) is 1.81. The van der Waals surface area contributed by atoms with Gasteiger partial charge in [0.1, 0.15) is 5.75 Å². The van der Waals surface area contributed by atoms with Gasteiger partial charge in [0, 0.05) is 23.3 Å². The largest absolute Gasteiger partial charge is 0.438 e. The highest BCUT2D eigenvalue weighted by Crippen LogP contribution is 2.29. The van der Waals surface area contributed by atoms with Crippen molar-refractivity contribution in [3.8, 4) is 11.6 Å². The molecule has 0 radical (unpaired) electrons. The maximum absolute atomic E-state index is 5.83. The van der Waals surface area contributed by atoms with Crippen LogP contribution < -0.4 is 10.5 Å². The Morgan fingerprint density at radius 1 is 1.11 bits per heavy atom. The lowest BCUT2D eigenvalue weighted by Gasteiger charge is -2.09. The molecule has 2 N–H and O–H groups in total. The van der Waals surface area contributed by atoms with Crippen LogP contribution in [0.15, 0.2) is 42.7 Å². The van der Waals surface area contributed by atoms with Gasteiger partial charge in [0.05, 0.1) is 5.52 Å². The standard InChI is InChI=1S/C14H12N4O/c1-9-8-17-14(15)18-13(9)19-12-6-2-5-11-10(12)4-3-7-16-11/h2-8H,1H3,(H2,15,17,18). The van der Waals surface area contributed by atoms with E-state index in [9.17, 15) is 0 Å². The van der Waals surface area contributed by atoms with Crippen LogP contribution in [0.25, 0.3) is 10.9 Å². The number of nitrogens with zero attached hydrogens (tertiary/aromatic N) is 3. The van der Waals surface area contributed by atoms with Gasteiger partial charge in [-0.2, -0.15) is 4.98 Å². The van der Waals surface area contributed by atoms with E-state index >= 15 is 0 Å². The van der Waals surface area contributed by atoms with Gasteiger partial charge in [0.2, 0.25) is 11.8 Å². The monoisotopic (exact) mass is 252 g/mol. The molecule has 0 spiro atoms. The van der Waals surface area contributed by atoms with Crippen molar-refractivity contribution < 1.29 is 4.74 Å². The number of anilines is 1. The molecule has 0 bridgehead atoms. The maximum Gasteiger partial charge on any atom is 0.226 e. The van der Waals surface area contributed by atoms with Gasteiger partial charge in [-0.3, -0.25) is 4.98 Å². The number of nitrogen functional groups attached to an aromatic ring is 1. The molecule has 0 aliphatic heterocycles. The molecule has 0 saturated heterocycles. The average Bonchev–Trinajstić information content (AvgIpc) is 2.43. The van der Waals surface area contributed by atoms with Crippen LogP contribution >= 0.6 is 0 Å². The molecule has 2 aromatic heterocycles. The summed E-state index contributed by atoms with van der Waals surface area (Å²) in [6.07, 6.45) is 3.39. The molecule has 19 heavy (non-hydrogen) atoms. The number of nitrogens with two attached hydrogens (primary N) is 1. The lowest BCUT2D eigenvalue weighted by Crippen LogP contribution is -1.99. The molecule has 0 aliphatic rings. The highest BCUT2D eigenvalue weighted by molar-refractivity contribution is 5.85. The molecule has 5 heteroatoms. The Balaban J connectivity index is 2.08. The predicted octanol–water partition coefficient (Wildman–Crippen LogP) is 2.71. The zero-order chi connectivity index (χ0) is 13.2. The highest BCUT2D eigenvalue weighted by Gasteiger charge is 2.08. The number of rotatable bonds is 2. The second-order valence-corrected chi connectivity index (χ2v) is 4.14. The van der Waals surface area contributed by atoms with Gasteiger partial charge in [-0.05, 0) is 31.2 Å². The second kappa shape index (κ2) is 4.53. The Morgan fingerprint density at radius 2 is 2.00 bits per heavy atom. The lowest BCUT2D eigenvalue weighted by molar-refractivity contribution is 0.463. The number of hydrogen-bond acceptors (Lipinski definition) is 5. The van der Waals surface area contributed by atoms with Gasteiger partial charge in [0.15, 0.2) is 0 Å². The van der Waals surface area contributed by atoms with Crippen molar-refractivity contribution in [2.24, 2.45) is 0 Å². The maximum atomic E-state index is 5.83. The van der Waals surface area contributed by atoms with Gasteiger partial charge < -0.3 is 10.5 Å². The molecule has 1 aromatic carbocycles. The molecule has 94 valence electrons. The van der Waals surface area contributed by atoms with E-state index < -0.39 is 0 Å². The molecule has 5 nitrogen and oxygen atoms in total. The van der Waals surface area contributed by atoms with Crippen LogP contribution in [0.5, 0.6) is 11.6 Å². The summed E-state index contributed by atoms with van der Waals surface area (Å²) in [6.45, 7) is 1.87. The van der Waals surface area contributed by atoms with Crippen LogP contribution in [-0.2, 0) is 0 Å². The number of hydrogen-bond donors (Lipinski definition) is 1. The first-order valence-corrected chi connectivity index (χ1v) is 5.85. The first-order chi connectivity index (χ1) is 9.24. The first kappa shape index (κ1) is 11.4. The Hall–Kier alpha value is -2.69. The van der Waals surface area contributed by atoms with E-state index in [0.717, 1.165) is 16.5 Å². The summed E-state index contributed by atoms with van der Waals surface area (Å²) in [4.78, 5) is 12.3. The van der Waals surface area contributed by atoms with Gasteiger partial charge in [-0.1, -0.05) is 6.07 Å². The van der Waals surface area contributed by atoms with Crippen molar-refractivity contribution >= 4 is 16.9 Å². The molecule has 0 amide bonds. The number of fused-ring (bicyclic) bond motifs is 1. The summed E-state index contributed by atoms with van der Waals surface area (Å²) in [7, 11) is 0. The van der Waals surface area contributed by atoms with E-state index in [-0.39, 0.29) is 5.95 Å². The summed E-state index contributed by atoms with van der Waals surface area (Å²) in [5, 5.41) is 0.932. The molecule has 0 fully saturated rings. The summed E-state index contributed by atoms with van der Waals surface area (Å²) < 4.78 is 5.83. The summed E-state index contributed by atoms with van der Waals surface area (Å²) >= 11 is 0. The third-order valence-electron chi connectivity index (χ3n) is 2.76. The number of ether oxygens (including phenoxy) is 1. The van der Waals surface area contributed by atoms with Crippen LogP contribution in [0.2, 0.25) is 0 Å². The predicted molar refractivity (Wildman–Crippen MR) is 73.0 cm³/mol. The van der Waals surface area contributed by atoms with Crippen LogP contribution in [0.4, 0.5) is 5.95 Å². The fourth-order valence-electron chi connectivity index (χ4n) is 1.81. The number of aromatic nitrogens is 3. The van der Waals surface area contributed by atoms with Crippen molar-refractivity contribution in [3.63, 3.8) is 0 Å². The van der Waals surface area contributed by atoms with E-state index in [0.29, 0.717) is 11.6 Å². The SMILES string of the molecule is Cc1cnc(N)nc1Oc1cccc2ncccc12. The van der Waals surface area contributed by atoms with E-state index in [1.54, 1.807) is 12.4 Å². The minimum absolute atomic E-state index is 0.193. The molecular formula is C14H12N4O. The topological polar surface area (TPSA) is 73.9 Å². The van der Waals surface area contributed by atoms with Crippen molar-refractivity contribution in [3.05, 3.63) is 48.3 Å². The summed E-state index contributed by atoms with van der Waals surface area (Å²) in [5.41, 5.74) is 7.28. The Bertz CT molecular complexity index is 737. The van der Waals surface area contributed by atoms with E-state index in [2.05, 4.69) is 15.0 Å². The first-order valence-electron chi connectivity index (χ1n) is 5.85. The third-order valence-corrected chi connectivity index (χ3v) is 2.76. The Kier molecular flexibility index (Phi) is 2.72. The van der Waals surface area contributed by atoms with Crippen LogP contribution in [0.1, 0.15) is 5.56 Å². The molecular weight excluding hydrogens is 240 g/mol. The minimum Gasteiger partial charge on any atom is -0.438 e. The molecule has 0 atom stereocenters. The summed E-state index contributed by atoms with van der Waals surface area (Å²) in [5.74, 6) is 1.36. The van der Waals surface area contributed by atoms with Crippen LogP contribution in [-0.4, -0.2) is 15.0 Å². The number of aryl methyl sites for hydroxylation is 1. The molecule has 3 rings (SSSR count). The van der Waals surface area contributed by atoms with Gasteiger partial charge in [-0.15, -0.1) is 0 Å². The normalized spacial score (nSPS) is 10.6. The molecule has 0 saturated carbocycles. The number of benzene rings is 1. The molecule has 3 aromatic rings. The van der Waals surface area contributed by atoms with Crippen molar-refractivity contribution in [2.45, 2.75) is 6.92 Å². The molecule has 0 aliphatic carbocycles. The van der Waals surface area contributed by atoms with Gasteiger partial charge >= 0.3 is 0 Å². The van der Waals surface area contributed by atoms with Gasteiger partial charge in [-0.25, -0.2) is 4.98 Å². The minimum atomic E-state index is 0.193. The zero-order valence-corrected chi connectivity index (χ0v) is 10.4.